The monoisotopic (exact) mass is 394 g/mol. The van der Waals surface area contributed by atoms with Gasteiger partial charge >= 0.3 is 6.03 Å². The molecule has 0 aliphatic carbocycles. The minimum absolute atomic E-state index is 0.167. The second-order valence-corrected chi connectivity index (χ2v) is 7.76. The molecule has 29 heavy (non-hydrogen) atoms. The number of imide groups is 1. The number of ether oxygens (including phenoxy) is 2. The van der Waals surface area contributed by atoms with Crippen LogP contribution in [0.2, 0.25) is 0 Å². The van der Waals surface area contributed by atoms with Gasteiger partial charge in [0.2, 0.25) is 6.79 Å². The molecule has 2 heterocycles. The fourth-order valence-electron chi connectivity index (χ4n) is 3.73. The van der Waals surface area contributed by atoms with Gasteiger partial charge in [-0.25, -0.2) is 4.79 Å². The third kappa shape index (κ3) is 3.44. The number of hydrogen-bond acceptors (Lipinski definition) is 5. The number of hydrogen-bond donors (Lipinski definition) is 1. The molecule has 1 atom stereocenters. The number of carbonyl (C=O) groups excluding carboxylic acids is 3. The van der Waals surface area contributed by atoms with Gasteiger partial charge in [-0.2, -0.15) is 0 Å². The molecule has 0 saturated carbocycles. The number of ketones is 1. The minimum Gasteiger partial charge on any atom is -0.454 e. The maximum Gasteiger partial charge on any atom is 0.325 e. The zero-order chi connectivity index (χ0) is 20.8. The van der Waals surface area contributed by atoms with Crippen LogP contribution in [0, 0.1) is 13.8 Å². The highest BCUT2D eigenvalue weighted by Gasteiger charge is 2.48. The Hall–Kier alpha value is -3.35. The van der Waals surface area contributed by atoms with Crippen LogP contribution < -0.4 is 14.8 Å². The van der Waals surface area contributed by atoms with Crippen LogP contribution in [0.15, 0.2) is 36.4 Å². The Labute approximate surface area is 168 Å². The first-order valence-electron chi connectivity index (χ1n) is 9.40. The van der Waals surface area contributed by atoms with Gasteiger partial charge in [0.1, 0.15) is 5.54 Å². The summed E-state index contributed by atoms with van der Waals surface area (Å²) in [5.41, 5.74) is 1.98. The van der Waals surface area contributed by atoms with Crippen LogP contribution in [0.4, 0.5) is 4.79 Å². The Kier molecular flexibility index (Phi) is 4.53. The summed E-state index contributed by atoms with van der Waals surface area (Å²) in [5.74, 6) is 0.590. The van der Waals surface area contributed by atoms with E-state index in [1.807, 2.05) is 32.0 Å². The van der Waals surface area contributed by atoms with Crippen LogP contribution in [-0.2, 0) is 11.2 Å². The van der Waals surface area contributed by atoms with Crippen molar-refractivity contribution < 1.29 is 23.9 Å². The lowest BCUT2D eigenvalue weighted by atomic mass is 9.92. The van der Waals surface area contributed by atoms with Crippen LogP contribution in [0.3, 0.4) is 0 Å². The lowest BCUT2D eigenvalue weighted by Gasteiger charge is -2.22. The lowest BCUT2D eigenvalue weighted by Crippen LogP contribution is -2.46. The fourth-order valence-corrected chi connectivity index (χ4v) is 3.73. The van der Waals surface area contributed by atoms with E-state index in [0.717, 1.165) is 21.6 Å². The number of fused-ring (bicyclic) bond motifs is 1. The van der Waals surface area contributed by atoms with Gasteiger partial charge in [0.25, 0.3) is 5.91 Å². The highest BCUT2D eigenvalue weighted by molar-refractivity contribution is 6.11. The van der Waals surface area contributed by atoms with Crippen molar-refractivity contribution in [1.82, 2.24) is 10.2 Å². The topological polar surface area (TPSA) is 84.9 Å². The Morgan fingerprint density at radius 1 is 1.10 bits per heavy atom. The summed E-state index contributed by atoms with van der Waals surface area (Å²) in [6.45, 7) is 5.28. The quantitative estimate of drug-likeness (QED) is 0.623. The number of aryl methyl sites for hydroxylation is 2. The number of nitrogens with zero attached hydrogens (tertiary/aromatic N) is 1. The molecule has 7 nitrogen and oxygen atoms in total. The van der Waals surface area contributed by atoms with E-state index in [1.165, 1.54) is 0 Å². The number of amides is 3. The number of rotatable bonds is 5. The van der Waals surface area contributed by atoms with Crippen LogP contribution in [0.5, 0.6) is 11.5 Å². The predicted molar refractivity (Wildman–Crippen MR) is 105 cm³/mol. The zero-order valence-electron chi connectivity index (χ0n) is 16.6. The molecule has 7 heteroatoms. The van der Waals surface area contributed by atoms with Crippen molar-refractivity contribution in [3.63, 3.8) is 0 Å². The predicted octanol–water partition coefficient (Wildman–Crippen LogP) is 2.77. The molecule has 4 rings (SSSR count). The molecule has 0 bridgehead atoms. The van der Waals surface area contributed by atoms with Crippen molar-refractivity contribution in [3.05, 3.63) is 58.7 Å². The molecule has 150 valence electrons. The molecular weight excluding hydrogens is 372 g/mol. The van der Waals surface area contributed by atoms with Crippen LogP contribution in [0.25, 0.3) is 0 Å². The Balaban J connectivity index is 1.52. The molecule has 0 unspecified atom stereocenters. The number of urea groups is 1. The molecule has 1 fully saturated rings. The van der Waals surface area contributed by atoms with E-state index in [1.54, 1.807) is 25.1 Å². The maximum absolute atomic E-state index is 13.0. The van der Waals surface area contributed by atoms with E-state index in [2.05, 4.69) is 5.32 Å². The Morgan fingerprint density at radius 2 is 1.86 bits per heavy atom. The molecule has 1 N–H and O–H groups in total. The van der Waals surface area contributed by atoms with Gasteiger partial charge in [-0.15, -0.1) is 0 Å². The summed E-state index contributed by atoms with van der Waals surface area (Å²) in [4.78, 5) is 39.3. The first kappa shape index (κ1) is 19.0. The number of Topliss-reactive ketones (excluding diaryl/α,β-unsaturated/α-hetero) is 1. The summed E-state index contributed by atoms with van der Waals surface area (Å²) in [6.07, 6.45) is 0.280. The van der Waals surface area contributed by atoms with Crippen LogP contribution in [0.1, 0.15) is 34.0 Å². The standard InChI is InChI=1S/C22H22N2O5/c1-13-4-5-14(2)16(8-13)17(25)11-24-20(26)22(3,23-21(24)27)10-15-6-7-18-19(9-15)29-12-28-18/h4-9H,10-12H2,1-3H3,(H,23,27)/t22-/m1/s1. The van der Waals surface area contributed by atoms with Crippen molar-refractivity contribution in [2.45, 2.75) is 32.7 Å². The van der Waals surface area contributed by atoms with E-state index in [4.69, 9.17) is 9.47 Å². The summed E-state index contributed by atoms with van der Waals surface area (Å²) >= 11 is 0. The van der Waals surface area contributed by atoms with Crippen LogP contribution >= 0.6 is 0 Å². The molecule has 2 aliphatic rings. The second kappa shape index (κ2) is 6.92. The van der Waals surface area contributed by atoms with Gasteiger partial charge in [-0.1, -0.05) is 23.8 Å². The first-order chi connectivity index (χ1) is 13.8. The van der Waals surface area contributed by atoms with E-state index in [-0.39, 0.29) is 25.5 Å². The van der Waals surface area contributed by atoms with E-state index < -0.39 is 17.5 Å². The van der Waals surface area contributed by atoms with Gasteiger partial charge in [-0.3, -0.25) is 14.5 Å². The maximum atomic E-state index is 13.0. The third-order valence-electron chi connectivity index (χ3n) is 5.34. The molecule has 0 radical (unpaired) electrons. The van der Waals surface area contributed by atoms with Crippen molar-refractivity contribution in [2.24, 2.45) is 0 Å². The highest BCUT2D eigenvalue weighted by Crippen LogP contribution is 2.34. The highest BCUT2D eigenvalue weighted by atomic mass is 16.7. The van der Waals surface area contributed by atoms with Gasteiger partial charge in [-0.05, 0) is 50.1 Å². The van der Waals surface area contributed by atoms with Crippen molar-refractivity contribution in [3.8, 4) is 11.5 Å². The van der Waals surface area contributed by atoms with Crippen molar-refractivity contribution in [1.29, 1.82) is 0 Å². The van der Waals surface area contributed by atoms with Crippen molar-refractivity contribution in [2.75, 3.05) is 13.3 Å². The molecule has 2 aliphatic heterocycles. The SMILES string of the molecule is Cc1ccc(C)c(C(=O)CN2C(=O)N[C@](C)(Cc3ccc4c(c3)OCO4)C2=O)c1. The van der Waals surface area contributed by atoms with Crippen LogP contribution in [-0.4, -0.2) is 41.5 Å². The smallest absolute Gasteiger partial charge is 0.325 e. The average Bonchev–Trinajstić information content (AvgIpc) is 3.21. The Bertz CT molecular complexity index is 1030. The lowest BCUT2D eigenvalue weighted by molar-refractivity contribution is -0.130. The summed E-state index contributed by atoms with van der Waals surface area (Å²) in [6, 6.07) is 10.4. The number of carbonyl (C=O) groups is 3. The minimum atomic E-state index is -1.13. The van der Waals surface area contributed by atoms with Crippen molar-refractivity contribution >= 4 is 17.7 Å². The molecule has 1 saturated heterocycles. The molecule has 0 aromatic heterocycles. The normalized spacial score (nSPS) is 20.2. The zero-order valence-corrected chi connectivity index (χ0v) is 16.6. The van der Waals surface area contributed by atoms with E-state index >= 15 is 0 Å². The molecule has 2 aromatic carbocycles. The number of benzene rings is 2. The van der Waals surface area contributed by atoms with E-state index in [0.29, 0.717) is 17.1 Å². The largest absolute Gasteiger partial charge is 0.454 e. The molecule has 0 spiro atoms. The van der Waals surface area contributed by atoms with Gasteiger partial charge in [0.15, 0.2) is 17.3 Å². The molecule has 3 amide bonds. The molecular formula is C22H22N2O5. The first-order valence-corrected chi connectivity index (χ1v) is 9.40. The summed E-state index contributed by atoms with van der Waals surface area (Å²) < 4.78 is 10.7. The average molecular weight is 394 g/mol. The molecule has 2 aromatic rings. The van der Waals surface area contributed by atoms with Gasteiger partial charge in [0, 0.05) is 12.0 Å². The Morgan fingerprint density at radius 3 is 2.66 bits per heavy atom. The summed E-state index contributed by atoms with van der Waals surface area (Å²) in [7, 11) is 0. The second-order valence-electron chi connectivity index (χ2n) is 7.76. The van der Waals surface area contributed by atoms with Gasteiger partial charge in [0.05, 0.1) is 6.54 Å². The fraction of sp³-hybridized carbons (Fsp3) is 0.318. The van der Waals surface area contributed by atoms with E-state index in [9.17, 15) is 14.4 Å². The third-order valence-corrected chi connectivity index (χ3v) is 5.34. The number of nitrogens with one attached hydrogen (secondary N) is 1. The van der Waals surface area contributed by atoms with Gasteiger partial charge < -0.3 is 14.8 Å². The summed E-state index contributed by atoms with van der Waals surface area (Å²) in [5, 5.41) is 2.74.